The van der Waals surface area contributed by atoms with E-state index in [9.17, 15) is 0 Å². The molecule has 0 amide bonds. The van der Waals surface area contributed by atoms with Crippen molar-refractivity contribution in [2.45, 2.75) is 0 Å². The predicted molar refractivity (Wildman–Crippen MR) is 85.1 cm³/mol. The molecule has 0 aliphatic rings. The summed E-state index contributed by atoms with van der Waals surface area (Å²) in [7, 11) is -0.446. The SMILES string of the molecule is [Cl-].[Cl-].[Pd].[Pd].c1ccc(P(c2ccccc2)c2ccccc2)cc1. The first-order valence-corrected chi connectivity index (χ1v) is 7.74. The summed E-state index contributed by atoms with van der Waals surface area (Å²) in [6, 6.07) is 32.3. The van der Waals surface area contributed by atoms with Crippen molar-refractivity contribution in [1.82, 2.24) is 0 Å². The van der Waals surface area contributed by atoms with Gasteiger partial charge in [-0.15, -0.1) is 0 Å². The van der Waals surface area contributed by atoms with Gasteiger partial charge in [0.2, 0.25) is 0 Å². The third kappa shape index (κ3) is 6.79. The van der Waals surface area contributed by atoms with Gasteiger partial charge in [-0.1, -0.05) is 91.0 Å². The third-order valence-electron chi connectivity index (χ3n) is 3.04. The van der Waals surface area contributed by atoms with E-state index in [0.29, 0.717) is 0 Å². The second-order valence-electron chi connectivity index (χ2n) is 4.34. The van der Waals surface area contributed by atoms with E-state index < -0.39 is 7.92 Å². The molecule has 0 unspecified atom stereocenters. The fourth-order valence-electron chi connectivity index (χ4n) is 2.18. The number of halogens is 2. The van der Waals surface area contributed by atoms with E-state index in [4.69, 9.17) is 0 Å². The van der Waals surface area contributed by atoms with E-state index in [1.165, 1.54) is 15.9 Å². The average molecular weight is 546 g/mol. The van der Waals surface area contributed by atoms with Crippen molar-refractivity contribution < 1.29 is 65.7 Å². The second-order valence-corrected chi connectivity index (χ2v) is 6.56. The Hall–Kier alpha value is -0.00532. The van der Waals surface area contributed by atoms with Gasteiger partial charge >= 0.3 is 0 Å². The molecule has 23 heavy (non-hydrogen) atoms. The summed E-state index contributed by atoms with van der Waals surface area (Å²) < 4.78 is 0. The molecule has 0 saturated heterocycles. The maximum absolute atomic E-state index is 2.23. The summed E-state index contributed by atoms with van der Waals surface area (Å²) in [5.41, 5.74) is 0. The summed E-state index contributed by atoms with van der Waals surface area (Å²) in [6.45, 7) is 0. The molecular formula is C18H15Cl2PPd2-2. The zero-order chi connectivity index (χ0) is 12.9. The minimum atomic E-state index is -0.446. The Balaban J connectivity index is 0. The monoisotopic (exact) mass is 544 g/mol. The average Bonchev–Trinajstić information content (AvgIpc) is 2.51. The number of hydrogen-bond acceptors (Lipinski definition) is 0. The maximum atomic E-state index is 2.23. The largest absolute Gasteiger partial charge is 1.00 e. The van der Waals surface area contributed by atoms with Crippen molar-refractivity contribution in [3.8, 4) is 0 Å². The van der Waals surface area contributed by atoms with Gasteiger partial charge in [0.15, 0.2) is 0 Å². The van der Waals surface area contributed by atoms with Crippen LogP contribution in [0.4, 0.5) is 0 Å². The second kappa shape index (κ2) is 13.3. The molecule has 0 fully saturated rings. The van der Waals surface area contributed by atoms with Crippen molar-refractivity contribution in [2.75, 3.05) is 0 Å². The van der Waals surface area contributed by atoms with E-state index in [2.05, 4.69) is 91.0 Å². The zero-order valence-corrected chi connectivity index (χ0v) is 17.5. The summed E-state index contributed by atoms with van der Waals surface area (Å²) in [5.74, 6) is 0. The Kier molecular flexibility index (Phi) is 14.6. The molecule has 5 heteroatoms. The van der Waals surface area contributed by atoms with Crippen molar-refractivity contribution in [3.63, 3.8) is 0 Å². The Labute approximate surface area is 179 Å². The number of benzene rings is 3. The zero-order valence-electron chi connectivity index (χ0n) is 12.0. The minimum Gasteiger partial charge on any atom is -1.00 e. The van der Waals surface area contributed by atoms with Crippen molar-refractivity contribution in [2.24, 2.45) is 0 Å². The molecule has 0 radical (unpaired) electrons. The fourth-order valence-corrected chi connectivity index (χ4v) is 4.48. The normalized spacial score (nSPS) is 8.74. The quantitative estimate of drug-likeness (QED) is 0.251. The van der Waals surface area contributed by atoms with Gasteiger partial charge in [0.25, 0.3) is 0 Å². The number of rotatable bonds is 3. The van der Waals surface area contributed by atoms with Gasteiger partial charge < -0.3 is 24.8 Å². The van der Waals surface area contributed by atoms with Crippen molar-refractivity contribution in [3.05, 3.63) is 91.0 Å². The molecular weight excluding hydrogens is 531 g/mol. The molecule has 3 aromatic carbocycles. The first-order chi connectivity index (χ1) is 9.45. The molecule has 0 aliphatic heterocycles. The van der Waals surface area contributed by atoms with Crippen molar-refractivity contribution in [1.29, 1.82) is 0 Å². The first kappa shape index (κ1) is 25.2. The Bertz CT molecular complexity index is 543. The van der Waals surface area contributed by atoms with Crippen LogP contribution >= 0.6 is 7.92 Å². The van der Waals surface area contributed by atoms with Crippen LogP contribution in [0.1, 0.15) is 0 Å². The minimum absolute atomic E-state index is 0. The summed E-state index contributed by atoms with van der Waals surface area (Å²) in [4.78, 5) is 0. The van der Waals surface area contributed by atoms with Gasteiger partial charge in [0, 0.05) is 40.8 Å². The van der Waals surface area contributed by atoms with Crippen LogP contribution in [-0.4, -0.2) is 0 Å². The van der Waals surface area contributed by atoms with Crippen molar-refractivity contribution >= 4 is 23.8 Å². The molecule has 0 aromatic heterocycles. The Morgan fingerprint density at radius 1 is 0.391 bits per heavy atom. The van der Waals surface area contributed by atoms with E-state index in [1.807, 2.05) is 0 Å². The van der Waals surface area contributed by atoms with Gasteiger partial charge in [0.05, 0.1) is 0 Å². The van der Waals surface area contributed by atoms with E-state index in [0.717, 1.165) is 0 Å². The van der Waals surface area contributed by atoms with Gasteiger partial charge in [-0.3, -0.25) is 0 Å². The number of hydrogen-bond donors (Lipinski definition) is 0. The summed E-state index contributed by atoms with van der Waals surface area (Å²) in [6.07, 6.45) is 0. The van der Waals surface area contributed by atoms with E-state index in [-0.39, 0.29) is 65.7 Å². The van der Waals surface area contributed by atoms with Crippen LogP contribution in [0.15, 0.2) is 91.0 Å². The van der Waals surface area contributed by atoms with Crippen LogP contribution in [-0.2, 0) is 40.8 Å². The Morgan fingerprint density at radius 2 is 0.609 bits per heavy atom. The van der Waals surface area contributed by atoms with Crippen LogP contribution < -0.4 is 40.7 Å². The molecule has 0 bridgehead atoms. The van der Waals surface area contributed by atoms with Gasteiger partial charge in [-0.05, 0) is 23.8 Å². The molecule has 0 nitrogen and oxygen atoms in total. The molecule has 3 rings (SSSR count). The first-order valence-electron chi connectivity index (χ1n) is 6.40. The van der Waals surface area contributed by atoms with Crippen LogP contribution in [0.5, 0.6) is 0 Å². The van der Waals surface area contributed by atoms with Crippen LogP contribution in [0.3, 0.4) is 0 Å². The molecule has 0 N–H and O–H groups in total. The molecule has 128 valence electrons. The molecule has 3 aromatic rings. The third-order valence-corrected chi connectivity index (χ3v) is 5.49. The van der Waals surface area contributed by atoms with Gasteiger partial charge in [0.1, 0.15) is 0 Å². The van der Waals surface area contributed by atoms with E-state index >= 15 is 0 Å². The summed E-state index contributed by atoms with van der Waals surface area (Å²) in [5, 5.41) is 4.19. The molecule has 0 heterocycles. The topological polar surface area (TPSA) is 0 Å². The molecule has 0 aliphatic carbocycles. The van der Waals surface area contributed by atoms with Crippen LogP contribution in [0, 0.1) is 0 Å². The van der Waals surface area contributed by atoms with E-state index in [1.54, 1.807) is 0 Å². The fraction of sp³-hybridized carbons (Fsp3) is 0. The van der Waals surface area contributed by atoms with Crippen LogP contribution in [0.25, 0.3) is 0 Å². The molecule has 0 spiro atoms. The van der Waals surface area contributed by atoms with Crippen LogP contribution in [0.2, 0.25) is 0 Å². The smallest absolute Gasteiger partial charge is 0 e. The maximum Gasteiger partial charge on any atom is 0 e. The Morgan fingerprint density at radius 3 is 0.826 bits per heavy atom. The summed E-state index contributed by atoms with van der Waals surface area (Å²) >= 11 is 0. The molecule has 0 atom stereocenters. The predicted octanol–water partition coefficient (Wildman–Crippen LogP) is -2.55. The van der Waals surface area contributed by atoms with Gasteiger partial charge in [-0.2, -0.15) is 0 Å². The molecule has 0 saturated carbocycles. The van der Waals surface area contributed by atoms with Gasteiger partial charge in [-0.25, -0.2) is 0 Å². The standard InChI is InChI=1S/C18H15P.2ClH.2Pd/c1-4-10-16(11-5-1)19(17-12-6-2-7-13-17)18-14-8-3-9-15-18;;;;/h1-15H;2*1H;;/p-2.